The molecule has 6 nitrogen and oxygen atoms in total. The third kappa shape index (κ3) is 4.54. The van der Waals surface area contributed by atoms with Gasteiger partial charge in [0, 0.05) is 4.88 Å². The van der Waals surface area contributed by atoms with Gasteiger partial charge in [-0.15, -0.1) is 11.3 Å². The van der Waals surface area contributed by atoms with Crippen molar-refractivity contribution in [3.63, 3.8) is 0 Å². The molecular weight excluding hydrogens is 417 g/mol. The number of fused-ring (bicyclic) bond motifs is 1. The molecule has 0 spiro atoms. The van der Waals surface area contributed by atoms with Crippen molar-refractivity contribution < 1.29 is 18.0 Å². The average Bonchev–Trinajstić information content (AvgIpc) is 3.34. The van der Waals surface area contributed by atoms with Gasteiger partial charge in [-0.3, -0.25) is 14.5 Å². The Bertz CT molecular complexity index is 1110. The van der Waals surface area contributed by atoms with E-state index in [2.05, 4.69) is 9.97 Å². The Kier molecular flexibility index (Phi) is 5.61. The van der Waals surface area contributed by atoms with E-state index < -0.39 is 24.7 Å². The molecule has 1 amide bonds. The first-order chi connectivity index (χ1) is 14.3. The molecule has 4 rings (SSSR count). The number of nitrogens with one attached hydrogen (secondary N) is 2. The SMILES string of the molecule is O=C(NCC(F)(F)F)C1CCCN1Cc1nc2sc(-c3ccccc3)cc2c(=O)[nH]1. The molecule has 1 aliphatic heterocycles. The number of hydrogen-bond donors (Lipinski definition) is 2. The molecule has 2 N–H and O–H groups in total. The highest BCUT2D eigenvalue weighted by atomic mass is 32.1. The van der Waals surface area contributed by atoms with Crippen LogP contribution in [0.2, 0.25) is 0 Å². The molecule has 1 aromatic carbocycles. The Morgan fingerprint density at radius 1 is 1.30 bits per heavy atom. The largest absolute Gasteiger partial charge is 0.405 e. The highest BCUT2D eigenvalue weighted by molar-refractivity contribution is 7.21. The second kappa shape index (κ2) is 8.19. The zero-order chi connectivity index (χ0) is 21.3. The molecule has 3 heterocycles. The topological polar surface area (TPSA) is 78.1 Å². The number of H-pyrrole nitrogens is 1. The molecule has 30 heavy (non-hydrogen) atoms. The summed E-state index contributed by atoms with van der Waals surface area (Å²) < 4.78 is 37.2. The van der Waals surface area contributed by atoms with Crippen molar-refractivity contribution in [3.05, 3.63) is 52.6 Å². The van der Waals surface area contributed by atoms with Gasteiger partial charge in [0.1, 0.15) is 17.2 Å². The van der Waals surface area contributed by atoms with Crippen LogP contribution >= 0.6 is 11.3 Å². The highest BCUT2D eigenvalue weighted by Gasteiger charge is 2.34. The summed E-state index contributed by atoms with van der Waals surface area (Å²) in [4.78, 5) is 35.3. The molecule has 0 aliphatic carbocycles. The van der Waals surface area contributed by atoms with E-state index in [1.807, 2.05) is 35.6 Å². The zero-order valence-corrected chi connectivity index (χ0v) is 16.6. The summed E-state index contributed by atoms with van der Waals surface area (Å²) in [5.74, 6) is -0.264. The number of aromatic amines is 1. The number of aromatic nitrogens is 2. The lowest BCUT2D eigenvalue weighted by Crippen LogP contribution is -2.45. The Labute approximate surface area is 173 Å². The maximum absolute atomic E-state index is 12.5. The summed E-state index contributed by atoms with van der Waals surface area (Å²) in [6.45, 7) is -0.617. The predicted molar refractivity (Wildman–Crippen MR) is 108 cm³/mol. The van der Waals surface area contributed by atoms with Crippen molar-refractivity contribution >= 4 is 27.5 Å². The van der Waals surface area contributed by atoms with Crippen LogP contribution in [0.15, 0.2) is 41.2 Å². The summed E-state index contributed by atoms with van der Waals surface area (Å²) >= 11 is 1.40. The van der Waals surface area contributed by atoms with E-state index in [0.29, 0.717) is 35.4 Å². The lowest BCUT2D eigenvalue weighted by molar-refractivity contribution is -0.141. The minimum absolute atomic E-state index is 0.188. The van der Waals surface area contributed by atoms with Crippen LogP contribution in [0.4, 0.5) is 13.2 Å². The first-order valence-corrected chi connectivity index (χ1v) is 10.3. The molecule has 10 heteroatoms. The molecule has 2 aromatic heterocycles. The first-order valence-electron chi connectivity index (χ1n) is 9.47. The molecule has 0 saturated carbocycles. The number of carbonyl (C=O) groups is 1. The van der Waals surface area contributed by atoms with E-state index in [9.17, 15) is 22.8 Å². The second-order valence-corrected chi connectivity index (χ2v) is 8.20. The molecule has 0 radical (unpaired) electrons. The average molecular weight is 436 g/mol. The number of carbonyl (C=O) groups excluding carboxylic acids is 1. The molecule has 3 aromatic rings. The van der Waals surface area contributed by atoms with Crippen molar-refractivity contribution in [1.29, 1.82) is 0 Å². The summed E-state index contributed by atoms with van der Waals surface area (Å²) in [5.41, 5.74) is 0.716. The standard InChI is InChI=1S/C20H19F3N4O2S/c21-20(22,23)11-24-18(29)14-7-4-8-27(14)10-16-25-17(28)13-9-15(30-19(13)26-16)12-5-2-1-3-6-12/h1-3,5-6,9,14H,4,7-8,10-11H2,(H,24,29)(H,25,26,28). The number of likely N-dealkylation sites (tertiary alicyclic amines) is 1. The van der Waals surface area contributed by atoms with Gasteiger partial charge in [-0.1, -0.05) is 30.3 Å². The molecule has 0 bridgehead atoms. The van der Waals surface area contributed by atoms with Gasteiger partial charge in [-0.2, -0.15) is 13.2 Å². The number of thiophene rings is 1. The van der Waals surface area contributed by atoms with Crippen LogP contribution in [0.1, 0.15) is 18.7 Å². The van der Waals surface area contributed by atoms with Crippen molar-refractivity contribution in [2.24, 2.45) is 0 Å². The molecule has 1 saturated heterocycles. The van der Waals surface area contributed by atoms with E-state index in [0.717, 1.165) is 10.4 Å². The minimum Gasteiger partial charge on any atom is -0.346 e. The fraction of sp³-hybridized carbons (Fsp3) is 0.350. The van der Waals surface area contributed by atoms with Crippen molar-refractivity contribution in [3.8, 4) is 10.4 Å². The maximum Gasteiger partial charge on any atom is 0.405 e. The third-order valence-corrected chi connectivity index (χ3v) is 6.07. The van der Waals surface area contributed by atoms with Gasteiger partial charge < -0.3 is 10.3 Å². The highest BCUT2D eigenvalue weighted by Crippen LogP contribution is 2.31. The van der Waals surface area contributed by atoms with E-state index in [-0.39, 0.29) is 12.1 Å². The number of alkyl halides is 3. The van der Waals surface area contributed by atoms with E-state index in [1.54, 1.807) is 11.0 Å². The normalized spacial score (nSPS) is 17.5. The zero-order valence-electron chi connectivity index (χ0n) is 15.8. The summed E-state index contributed by atoms with van der Waals surface area (Å²) in [5, 5.41) is 2.44. The minimum atomic E-state index is -4.45. The van der Waals surface area contributed by atoms with Crippen LogP contribution in [-0.4, -0.2) is 46.1 Å². The Morgan fingerprint density at radius 2 is 2.07 bits per heavy atom. The summed E-state index contributed by atoms with van der Waals surface area (Å²) in [6, 6.07) is 10.8. The summed E-state index contributed by atoms with van der Waals surface area (Å²) in [6.07, 6.45) is -3.30. The lowest BCUT2D eigenvalue weighted by atomic mass is 10.2. The molecule has 1 aliphatic rings. The maximum atomic E-state index is 12.5. The van der Waals surface area contributed by atoms with E-state index in [4.69, 9.17) is 0 Å². The summed E-state index contributed by atoms with van der Waals surface area (Å²) in [7, 11) is 0. The van der Waals surface area contributed by atoms with Crippen molar-refractivity contribution in [2.75, 3.05) is 13.1 Å². The lowest BCUT2D eigenvalue weighted by Gasteiger charge is -2.23. The van der Waals surface area contributed by atoms with Crippen molar-refractivity contribution in [1.82, 2.24) is 20.2 Å². The van der Waals surface area contributed by atoms with Gasteiger partial charge in [0.2, 0.25) is 5.91 Å². The van der Waals surface area contributed by atoms with Crippen LogP contribution in [0.25, 0.3) is 20.7 Å². The monoisotopic (exact) mass is 436 g/mol. The molecule has 1 unspecified atom stereocenters. The molecule has 158 valence electrons. The van der Waals surface area contributed by atoms with Crippen LogP contribution in [0.3, 0.4) is 0 Å². The van der Waals surface area contributed by atoms with E-state index >= 15 is 0 Å². The van der Waals surface area contributed by atoms with Gasteiger partial charge >= 0.3 is 6.18 Å². The molecule has 1 atom stereocenters. The van der Waals surface area contributed by atoms with Crippen LogP contribution in [0, 0.1) is 0 Å². The smallest absolute Gasteiger partial charge is 0.346 e. The first kappa shape index (κ1) is 20.5. The number of hydrogen-bond acceptors (Lipinski definition) is 5. The number of benzene rings is 1. The molecule has 1 fully saturated rings. The fourth-order valence-electron chi connectivity index (χ4n) is 3.61. The van der Waals surface area contributed by atoms with Gasteiger partial charge in [-0.05, 0) is 31.0 Å². The van der Waals surface area contributed by atoms with Gasteiger partial charge in [-0.25, -0.2) is 4.98 Å². The predicted octanol–water partition coefficient (Wildman–Crippen LogP) is 3.29. The number of amides is 1. The quantitative estimate of drug-likeness (QED) is 0.644. The molecular formula is C20H19F3N4O2S. The van der Waals surface area contributed by atoms with Gasteiger partial charge in [0.05, 0.1) is 18.0 Å². The van der Waals surface area contributed by atoms with Crippen LogP contribution in [0.5, 0.6) is 0 Å². The van der Waals surface area contributed by atoms with Crippen LogP contribution < -0.4 is 10.9 Å². The number of rotatable bonds is 5. The van der Waals surface area contributed by atoms with Crippen molar-refractivity contribution in [2.45, 2.75) is 31.6 Å². The Balaban J connectivity index is 1.53. The Hall–Kier alpha value is -2.72. The number of nitrogens with zero attached hydrogens (tertiary/aromatic N) is 2. The van der Waals surface area contributed by atoms with Gasteiger partial charge in [0.15, 0.2) is 0 Å². The van der Waals surface area contributed by atoms with E-state index in [1.165, 1.54) is 11.3 Å². The second-order valence-electron chi connectivity index (χ2n) is 7.17. The fourth-order valence-corrected chi connectivity index (χ4v) is 4.66. The Morgan fingerprint density at radius 3 is 2.80 bits per heavy atom. The number of halogens is 3. The van der Waals surface area contributed by atoms with Crippen LogP contribution in [-0.2, 0) is 11.3 Å². The third-order valence-electron chi connectivity index (χ3n) is 4.99. The van der Waals surface area contributed by atoms with Gasteiger partial charge in [0.25, 0.3) is 5.56 Å².